The van der Waals surface area contributed by atoms with Crippen molar-refractivity contribution < 1.29 is 9.59 Å². The molecular weight excluding hydrogens is 202 g/mol. The Labute approximate surface area is 94.8 Å². The summed E-state index contributed by atoms with van der Waals surface area (Å²) in [5.41, 5.74) is 1.16. The van der Waals surface area contributed by atoms with Crippen LogP contribution in [0.15, 0.2) is 23.3 Å². The number of hydrogen-bond acceptors (Lipinski definition) is 2. The molecule has 0 N–H and O–H groups in total. The summed E-state index contributed by atoms with van der Waals surface area (Å²) in [6.07, 6.45) is 11.8. The first-order valence-corrected chi connectivity index (χ1v) is 5.46. The van der Waals surface area contributed by atoms with Gasteiger partial charge in [0.05, 0.1) is 0 Å². The molecule has 3 nitrogen and oxygen atoms in total. The number of unbranched alkanes of at least 4 members (excludes halogenated alkanes) is 1. The fraction of sp³-hybridized carbons (Fsp3) is 0.385. The zero-order chi connectivity index (χ0) is 11.5. The Hall–Kier alpha value is -1.82. The number of allylic oxidation sites excluding steroid dienone is 2. The van der Waals surface area contributed by atoms with Gasteiger partial charge in [0.2, 0.25) is 0 Å². The summed E-state index contributed by atoms with van der Waals surface area (Å²) >= 11 is 0. The lowest BCUT2D eigenvalue weighted by Crippen LogP contribution is -2.30. The highest BCUT2D eigenvalue weighted by Gasteiger charge is 2.38. The minimum atomic E-state index is -0.159. The standard InChI is InChI=1S/C13H13NO2/c1-2-3-6-9-14-12(15)10-7-4-5-8-11(10)13(14)16/h1,7-8H,3-6,9H2. The summed E-state index contributed by atoms with van der Waals surface area (Å²) in [5.74, 6) is 2.19. The predicted octanol–water partition coefficient (Wildman–Crippen LogP) is 1.42. The molecule has 0 atom stereocenters. The minimum Gasteiger partial charge on any atom is -0.274 e. The van der Waals surface area contributed by atoms with Crippen molar-refractivity contribution in [2.75, 3.05) is 6.54 Å². The monoisotopic (exact) mass is 215 g/mol. The normalized spacial score (nSPS) is 19.1. The van der Waals surface area contributed by atoms with Crippen LogP contribution in [0, 0.1) is 12.3 Å². The summed E-state index contributed by atoms with van der Waals surface area (Å²) < 4.78 is 0. The summed E-state index contributed by atoms with van der Waals surface area (Å²) in [6, 6.07) is 0. The number of hydrogen-bond donors (Lipinski definition) is 0. The van der Waals surface area contributed by atoms with Crippen LogP contribution < -0.4 is 0 Å². The maximum absolute atomic E-state index is 11.9. The van der Waals surface area contributed by atoms with Crippen LogP contribution in [-0.2, 0) is 9.59 Å². The molecule has 0 aromatic carbocycles. The van der Waals surface area contributed by atoms with Crippen molar-refractivity contribution in [3.8, 4) is 12.3 Å². The third-order valence-corrected chi connectivity index (χ3v) is 2.81. The summed E-state index contributed by atoms with van der Waals surface area (Å²) in [4.78, 5) is 25.1. The number of rotatable bonds is 3. The van der Waals surface area contributed by atoms with E-state index in [2.05, 4.69) is 5.92 Å². The smallest absolute Gasteiger partial charge is 0.261 e. The van der Waals surface area contributed by atoms with Crippen LogP contribution in [0.3, 0.4) is 0 Å². The second-order valence-corrected chi connectivity index (χ2v) is 3.88. The number of amides is 2. The Morgan fingerprint density at radius 3 is 2.25 bits per heavy atom. The van der Waals surface area contributed by atoms with Gasteiger partial charge in [-0.3, -0.25) is 14.5 Å². The molecular formula is C13H13NO2. The summed E-state index contributed by atoms with van der Waals surface area (Å²) in [5, 5.41) is 0. The third kappa shape index (κ3) is 1.67. The van der Waals surface area contributed by atoms with Crippen LogP contribution in [0.2, 0.25) is 0 Å². The fourth-order valence-electron chi connectivity index (χ4n) is 2.01. The van der Waals surface area contributed by atoms with Gasteiger partial charge in [-0.05, 0) is 19.3 Å². The number of terminal acetylenes is 1. The first kappa shape index (κ1) is 10.7. The van der Waals surface area contributed by atoms with Crippen molar-refractivity contribution >= 4 is 11.8 Å². The highest BCUT2D eigenvalue weighted by molar-refractivity contribution is 6.24. The van der Waals surface area contributed by atoms with E-state index in [1.807, 2.05) is 12.2 Å². The predicted molar refractivity (Wildman–Crippen MR) is 60.2 cm³/mol. The van der Waals surface area contributed by atoms with Crippen molar-refractivity contribution in [1.82, 2.24) is 4.90 Å². The van der Waals surface area contributed by atoms with E-state index < -0.39 is 0 Å². The highest BCUT2D eigenvalue weighted by Crippen LogP contribution is 2.29. The van der Waals surface area contributed by atoms with Gasteiger partial charge in [0.15, 0.2) is 0 Å². The Balaban J connectivity index is 2.14. The van der Waals surface area contributed by atoms with Gasteiger partial charge in [-0.2, -0.15) is 0 Å². The first-order valence-electron chi connectivity index (χ1n) is 5.46. The molecule has 1 heterocycles. The van der Waals surface area contributed by atoms with Crippen LogP contribution in [-0.4, -0.2) is 23.3 Å². The number of nitrogens with zero attached hydrogens (tertiary/aromatic N) is 1. The second kappa shape index (κ2) is 4.36. The minimum absolute atomic E-state index is 0.159. The van der Waals surface area contributed by atoms with Crippen molar-refractivity contribution in [2.45, 2.75) is 25.7 Å². The quantitative estimate of drug-likeness (QED) is 0.405. The Bertz CT molecular complexity index is 405. The molecule has 16 heavy (non-hydrogen) atoms. The molecule has 2 rings (SSSR count). The molecule has 3 heteroatoms. The van der Waals surface area contributed by atoms with E-state index in [0.717, 1.165) is 12.8 Å². The number of likely N-dealkylation sites (tertiary alicyclic amines) is 1. The number of carbonyl (C=O) groups is 2. The lowest BCUT2D eigenvalue weighted by Gasteiger charge is -2.11. The van der Waals surface area contributed by atoms with Crippen molar-refractivity contribution in [2.24, 2.45) is 0 Å². The Morgan fingerprint density at radius 1 is 1.19 bits per heavy atom. The van der Waals surface area contributed by atoms with Crippen molar-refractivity contribution in [3.05, 3.63) is 23.3 Å². The Kier molecular flexibility index (Phi) is 2.91. The summed E-state index contributed by atoms with van der Waals surface area (Å²) in [7, 11) is 0. The van der Waals surface area contributed by atoms with Crippen molar-refractivity contribution in [3.63, 3.8) is 0 Å². The van der Waals surface area contributed by atoms with Crippen LogP contribution in [0.25, 0.3) is 0 Å². The van der Waals surface area contributed by atoms with Crippen LogP contribution in [0.4, 0.5) is 0 Å². The van der Waals surface area contributed by atoms with E-state index in [1.54, 1.807) is 0 Å². The molecule has 1 saturated heterocycles. The maximum Gasteiger partial charge on any atom is 0.261 e. The molecule has 0 aromatic rings. The van der Waals surface area contributed by atoms with Gasteiger partial charge in [0.25, 0.3) is 11.8 Å². The van der Waals surface area contributed by atoms with E-state index in [-0.39, 0.29) is 11.8 Å². The summed E-state index contributed by atoms with van der Waals surface area (Å²) in [6.45, 7) is 0.427. The van der Waals surface area contributed by atoms with E-state index in [0.29, 0.717) is 30.5 Å². The highest BCUT2D eigenvalue weighted by atomic mass is 16.2. The number of imide groups is 1. The molecule has 1 aliphatic carbocycles. The van der Waals surface area contributed by atoms with Gasteiger partial charge in [-0.15, -0.1) is 12.3 Å². The molecule has 1 fully saturated rings. The molecule has 2 aliphatic rings. The Morgan fingerprint density at radius 2 is 1.75 bits per heavy atom. The zero-order valence-electron chi connectivity index (χ0n) is 9.03. The van der Waals surface area contributed by atoms with Crippen LogP contribution in [0.1, 0.15) is 25.7 Å². The topological polar surface area (TPSA) is 37.4 Å². The maximum atomic E-state index is 11.9. The molecule has 1 aliphatic heterocycles. The average Bonchev–Trinajstić information content (AvgIpc) is 2.55. The lowest BCUT2D eigenvalue weighted by atomic mass is 10.0. The van der Waals surface area contributed by atoms with E-state index in [1.165, 1.54) is 4.90 Å². The van der Waals surface area contributed by atoms with E-state index in [9.17, 15) is 9.59 Å². The first-order chi connectivity index (χ1) is 7.75. The number of carbonyl (C=O) groups excluding carboxylic acids is 2. The van der Waals surface area contributed by atoms with Crippen molar-refractivity contribution in [1.29, 1.82) is 0 Å². The number of fused-ring (bicyclic) bond motifs is 1. The van der Waals surface area contributed by atoms with E-state index in [4.69, 9.17) is 6.42 Å². The molecule has 82 valence electrons. The lowest BCUT2D eigenvalue weighted by molar-refractivity contribution is -0.136. The SMILES string of the molecule is C#CCCCN1C(=O)C2=CCCC=C2C1=O. The van der Waals surface area contributed by atoms with Crippen LogP contribution >= 0.6 is 0 Å². The van der Waals surface area contributed by atoms with Gasteiger partial charge in [-0.1, -0.05) is 12.2 Å². The molecule has 0 unspecified atom stereocenters. The average molecular weight is 215 g/mol. The van der Waals surface area contributed by atoms with Crippen LogP contribution in [0.5, 0.6) is 0 Å². The third-order valence-electron chi connectivity index (χ3n) is 2.81. The molecule has 0 radical (unpaired) electrons. The molecule has 0 saturated carbocycles. The zero-order valence-corrected chi connectivity index (χ0v) is 9.03. The van der Waals surface area contributed by atoms with Gasteiger partial charge in [-0.25, -0.2) is 0 Å². The molecule has 0 spiro atoms. The molecule has 0 bridgehead atoms. The fourth-order valence-corrected chi connectivity index (χ4v) is 2.01. The largest absolute Gasteiger partial charge is 0.274 e. The molecule has 2 amide bonds. The van der Waals surface area contributed by atoms with Gasteiger partial charge in [0, 0.05) is 24.1 Å². The molecule has 0 aromatic heterocycles. The van der Waals surface area contributed by atoms with E-state index >= 15 is 0 Å². The van der Waals surface area contributed by atoms with Gasteiger partial charge in [0.1, 0.15) is 0 Å². The van der Waals surface area contributed by atoms with Gasteiger partial charge < -0.3 is 0 Å². The van der Waals surface area contributed by atoms with Gasteiger partial charge >= 0.3 is 0 Å². The second-order valence-electron chi connectivity index (χ2n) is 3.88.